The average Bonchev–Trinajstić information content (AvgIpc) is 2.30. The second-order valence-electron chi connectivity index (χ2n) is 3.51. The lowest BCUT2D eigenvalue weighted by atomic mass is 10.2. The van der Waals surface area contributed by atoms with Crippen molar-refractivity contribution in [2.75, 3.05) is 0 Å². The van der Waals surface area contributed by atoms with Crippen LogP contribution < -0.4 is 4.74 Å². The second-order valence-corrected chi connectivity index (χ2v) is 4.19. The monoisotopic (exact) mass is 284 g/mol. The Morgan fingerprint density at radius 1 is 1.06 bits per heavy atom. The number of aromatic nitrogens is 4. The molecule has 0 spiro atoms. The molecule has 0 amide bonds. The third kappa shape index (κ3) is 3.05. The van der Waals surface area contributed by atoms with Crippen LogP contribution >= 0.6 is 23.2 Å². The summed E-state index contributed by atoms with van der Waals surface area (Å²) in [5, 5.41) is -0.0220. The van der Waals surface area contributed by atoms with Gasteiger partial charge in [-0.25, -0.2) is 0 Å². The first kappa shape index (κ1) is 13.0. The standard InChI is InChI=1S/C11H10Cl2N4O/c1-3-7-8(5-4-6(2)14-7)18-11-16-9(12)15-10(13)17-11/h4-5H,3H2,1-2H3. The van der Waals surface area contributed by atoms with E-state index in [1.165, 1.54) is 0 Å². The number of aryl methyl sites for hydroxylation is 2. The highest BCUT2D eigenvalue weighted by Gasteiger charge is 2.09. The van der Waals surface area contributed by atoms with Crippen LogP contribution in [-0.4, -0.2) is 19.9 Å². The summed E-state index contributed by atoms with van der Waals surface area (Å²) in [6.07, 6.45) is 0.740. The van der Waals surface area contributed by atoms with Gasteiger partial charge >= 0.3 is 6.01 Å². The van der Waals surface area contributed by atoms with Crippen LogP contribution in [0, 0.1) is 6.92 Å². The minimum Gasteiger partial charge on any atom is -0.422 e. The van der Waals surface area contributed by atoms with Crippen LogP contribution in [0.5, 0.6) is 11.8 Å². The van der Waals surface area contributed by atoms with Crippen LogP contribution in [0.4, 0.5) is 0 Å². The zero-order valence-electron chi connectivity index (χ0n) is 9.81. The van der Waals surface area contributed by atoms with Crippen molar-refractivity contribution in [1.82, 2.24) is 19.9 Å². The van der Waals surface area contributed by atoms with E-state index in [0.29, 0.717) is 5.75 Å². The summed E-state index contributed by atoms with van der Waals surface area (Å²) in [7, 11) is 0. The van der Waals surface area contributed by atoms with Crippen molar-refractivity contribution in [2.24, 2.45) is 0 Å². The molecule has 18 heavy (non-hydrogen) atoms. The average molecular weight is 285 g/mol. The van der Waals surface area contributed by atoms with E-state index in [2.05, 4.69) is 19.9 Å². The normalized spacial score (nSPS) is 10.4. The minimum absolute atomic E-state index is 0.0110. The van der Waals surface area contributed by atoms with Crippen molar-refractivity contribution in [3.8, 4) is 11.8 Å². The highest BCUT2D eigenvalue weighted by molar-refractivity contribution is 6.31. The van der Waals surface area contributed by atoms with Crippen molar-refractivity contribution in [1.29, 1.82) is 0 Å². The van der Waals surface area contributed by atoms with Gasteiger partial charge in [0.05, 0.1) is 5.69 Å². The summed E-state index contributed by atoms with van der Waals surface area (Å²) in [4.78, 5) is 15.7. The fraction of sp³-hybridized carbons (Fsp3) is 0.273. The molecule has 0 saturated heterocycles. The number of rotatable bonds is 3. The molecule has 0 atom stereocenters. The van der Waals surface area contributed by atoms with Gasteiger partial charge in [0.15, 0.2) is 5.75 Å². The van der Waals surface area contributed by atoms with E-state index in [1.54, 1.807) is 0 Å². The van der Waals surface area contributed by atoms with Gasteiger partial charge in [0.2, 0.25) is 10.6 Å². The number of nitrogens with zero attached hydrogens (tertiary/aromatic N) is 4. The molecule has 0 N–H and O–H groups in total. The third-order valence-electron chi connectivity index (χ3n) is 2.17. The Kier molecular flexibility index (Phi) is 3.93. The Balaban J connectivity index is 2.33. The molecule has 2 rings (SSSR count). The predicted octanol–water partition coefficient (Wildman–Crippen LogP) is 3.24. The maximum atomic E-state index is 5.67. The molecule has 5 nitrogen and oxygen atoms in total. The van der Waals surface area contributed by atoms with Crippen LogP contribution in [0.2, 0.25) is 10.6 Å². The van der Waals surface area contributed by atoms with E-state index in [1.807, 2.05) is 26.0 Å². The Hall–Kier alpha value is -1.46. The lowest BCUT2D eigenvalue weighted by Gasteiger charge is -2.08. The van der Waals surface area contributed by atoms with E-state index in [-0.39, 0.29) is 16.6 Å². The fourth-order valence-corrected chi connectivity index (χ4v) is 1.74. The third-order valence-corrected chi connectivity index (χ3v) is 2.51. The molecule has 0 bridgehead atoms. The summed E-state index contributed by atoms with van der Waals surface area (Å²) < 4.78 is 5.52. The van der Waals surface area contributed by atoms with Gasteiger partial charge < -0.3 is 4.74 Å². The van der Waals surface area contributed by atoms with Crippen LogP contribution in [0.3, 0.4) is 0 Å². The maximum Gasteiger partial charge on any atom is 0.327 e. The molecule has 0 saturated carbocycles. The quantitative estimate of drug-likeness (QED) is 0.866. The van der Waals surface area contributed by atoms with Gasteiger partial charge in [-0.3, -0.25) is 4.98 Å². The van der Waals surface area contributed by atoms with Crippen LogP contribution in [-0.2, 0) is 6.42 Å². The van der Waals surface area contributed by atoms with Gasteiger partial charge in [-0.1, -0.05) is 6.92 Å². The van der Waals surface area contributed by atoms with E-state index in [4.69, 9.17) is 27.9 Å². The van der Waals surface area contributed by atoms with Crippen molar-refractivity contribution in [3.05, 3.63) is 34.1 Å². The molecule has 0 fully saturated rings. The van der Waals surface area contributed by atoms with Crippen molar-refractivity contribution < 1.29 is 4.74 Å². The Bertz CT molecular complexity index is 557. The van der Waals surface area contributed by atoms with E-state index in [9.17, 15) is 0 Å². The summed E-state index contributed by atoms with van der Waals surface area (Å²) in [5.74, 6) is 0.585. The molecule has 0 aliphatic carbocycles. The van der Waals surface area contributed by atoms with E-state index >= 15 is 0 Å². The van der Waals surface area contributed by atoms with Gasteiger partial charge in [-0.05, 0) is 48.7 Å². The topological polar surface area (TPSA) is 60.8 Å². The maximum absolute atomic E-state index is 5.67. The Morgan fingerprint density at radius 2 is 1.72 bits per heavy atom. The van der Waals surface area contributed by atoms with Gasteiger partial charge in [0.1, 0.15) is 0 Å². The van der Waals surface area contributed by atoms with Crippen LogP contribution in [0.25, 0.3) is 0 Å². The van der Waals surface area contributed by atoms with Gasteiger partial charge in [0, 0.05) is 5.69 Å². The first-order chi connectivity index (χ1) is 8.58. The number of pyridine rings is 1. The molecule has 2 aromatic rings. The van der Waals surface area contributed by atoms with Gasteiger partial charge in [-0.2, -0.15) is 15.0 Å². The molecule has 0 aliphatic rings. The molecule has 0 radical (unpaired) electrons. The summed E-state index contributed by atoms with van der Waals surface area (Å²) in [6.45, 7) is 3.90. The van der Waals surface area contributed by atoms with Crippen molar-refractivity contribution in [2.45, 2.75) is 20.3 Å². The van der Waals surface area contributed by atoms with Crippen molar-refractivity contribution >= 4 is 23.2 Å². The van der Waals surface area contributed by atoms with Crippen LogP contribution in [0.1, 0.15) is 18.3 Å². The lowest BCUT2D eigenvalue weighted by molar-refractivity contribution is 0.431. The zero-order chi connectivity index (χ0) is 13.1. The largest absolute Gasteiger partial charge is 0.422 e. The molecule has 2 heterocycles. The van der Waals surface area contributed by atoms with E-state index in [0.717, 1.165) is 17.8 Å². The molecule has 2 aromatic heterocycles. The fourth-order valence-electron chi connectivity index (χ4n) is 1.40. The molecule has 0 unspecified atom stereocenters. The van der Waals surface area contributed by atoms with Gasteiger partial charge in [-0.15, -0.1) is 0 Å². The highest BCUT2D eigenvalue weighted by atomic mass is 35.5. The summed E-state index contributed by atoms with van der Waals surface area (Å²) in [6, 6.07) is 3.71. The van der Waals surface area contributed by atoms with Gasteiger partial charge in [0.25, 0.3) is 0 Å². The van der Waals surface area contributed by atoms with Crippen molar-refractivity contribution in [3.63, 3.8) is 0 Å². The first-order valence-electron chi connectivity index (χ1n) is 5.30. The molecule has 0 aromatic carbocycles. The SMILES string of the molecule is CCc1nc(C)ccc1Oc1nc(Cl)nc(Cl)n1. The number of hydrogen-bond acceptors (Lipinski definition) is 5. The number of ether oxygens (including phenoxy) is 1. The Labute approximate surface area is 114 Å². The Morgan fingerprint density at radius 3 is 2.33 bits per heavy atom. The second kappa shape index (κ2) is 5.46. The molecule has 0 aliphatic heterocycles. The summed E-state index contributed by atoms with van der Waals surface area (Å²) in [5.41, 5.74) is 1.74. The van der Waals surface area contributed by atoms with E-state index < -0.39 is 0 Å². The molecule has 94 valence electrons. The smallest absolute Gasteiger partial charge is 0.327 e. The molecule has 7 heteroatoms. The number of halogens is 2. The highest BCUT2D eigenvalue weighted by Crippen LogP contribution is 2.23. The lowest BCUT2D eigenvalue weighted by Crippen LogP contribution is -1.99. The zero-order valence-corrected chi connectivity index (χ0v) is 11.3. The first-order valence-corrected chi connectivity index (χ1v) is 6.05. The van der Waals surface area contributed by atoms with Crippen LogP contribution in [0.15, 0.2) is 12.1 Å². The molecular weight excluding hydrogens is 275 g/mol. The minimum atomic E-state index is -0.0110. The number of hydrogen-bond donors (Lipinski definition) is 0. The summed E-state index contributed by atoms with van der Waals surface area (Å²) >= 11 is 11.3. The predicted molar refractivity (Wildman–Crippen MR) is 68.3 cm³/mol. The molecular formula is C11H10Cl2N4O.